The van der Waals surface area contributed by atoms with Gasteiger partial charge in [0.05, 0.1) is 22.6 Å². The molecule has 2 N–H and O–H groups in total. The molecule has 0 spiro atoms. The van der Waals surface area contributed by atoms with Crippen LogP contribution in [-0.4, -0.2) is 48.9 Å². The number of carbonyl (C=O) groups is 2. The highest BCUT2D eigenvalue weighted by molar-refractivity contribution is 6.24. The SMILES string of the molecule is C[C@]12CCCN1N(Cc1cccc(F)c1F)C(=O)C(C(=O)Nc1ccc(C(F)(F)F)cc1-c1cnc(C#N)c([N+](=O)[O-])c1)=C2O. The van der Waals surface area contributed by atoms with Gasteiger partial charge >= 0.3 is 11.9 Å². The fourth-order valence-corrected chi connectivity index (χ4v) is 5.46. The number of aliphatic hydroxyl groups excluding tert-OH is 1. The van der Waals surface area contributed by atoms with Crippen LogP contribution in [0.1, 0.15) is 36.6 Å². The van der Waals surface area contributed by atoms with Crippen LogP contribution in [0.15, 0.2) is 60.0 Å². The largest absolute Gasteiger partial charge is 0.509 e. The van der Waals surface area contributed by atoms with Gasteiger partial charge in [-0.3, -0.25) is 24.7 Å². The highest BCUT2D eigenvalue weighted by Gasteiger charge is 2.52. The van der Waals surface area contributed by atoms with Gasteiger partial charge in [0.25, 0.3) is 11.8 Å². The Morgan fingerprint density at radius 2 is 1.98 bits per heavy atom. The molecule has 45 heavy (non-hydrogen) atoms. The van der Waals surface area contributed by atoms with Crippen LogP contribution in [0.2, 0.25) is 0 Å². The third-order valence-electron chi connectivity index (χ3n) is 7.74. The number of aromatic nitrogens is 1. The average Bonchev–Trinajstić information content (AvgIpc) is 3.39. The lowest BCUT2D eigenvalue weighted by Crippen LogP contribution is -2.60. The maximum absolute atomic E-state index is 14.6. The first kappa shape index (κ1) is 31.0. The van der Waals surface area contributed by atoms with Gasteiger partial charge in [0.15, 0.2) is 11.6 Å². The number of hydrogen-bond acceptors (Lipinski definition) is 8. The molecule has 16 heteroatoms. The first-order chi connectivity index (χ1) is 21.2. The first-order valence-corrected chi connectivity index (χ1v) is 13.2. The molecule has 1 atom stereocenters. The van der Waals surface area contributed by atoms with Crippen molar-refractivity contribution in [1.29, 1.82) is 5.26 Å². The molecule has 2 amide bonds. The lowest BCUT2D eigenvalue weighted by atomic mass is 9.90. The van der Waals surface area contributed by atoms with E-state index in [9.17, 15) is 46.8 Å². The average molecular weight is 629 g/mol. The fourth-order valence-electron chi connectivity index (χ4n) is 5.46. The molecular formula is C29H21F5N6O5. The van der Waals surface area contributed by atoms with Crippen LogP contribution in [0.5, 0.6) is 0 Å². The van der Waals surface area contributed by atoms with Gasteiger partial charge < -0.3 is 10.4 Å². The van der Waals surface area contributed by atoms with Gasteiger partial charge in [-0.15, -0.1) is 0 Å². The van der Waals surface area contributed by atoms with Crippen LogP contribution in [0.3, 0.4) is 0 Å². The lowest BCUT2D eigenvalue weighted by molar-refractivity contribution is -0.385. The lowest BCUT2D eigenvalue weighted by Gasteiger charge is -2.46. The number of hydrazine groups is 1. The van der Waals surface area contributed by atoms with Crippen LogP contribution >= 0.6 is 0 Å². The molecule has 5 rings (SSSR count). The van der Waals surface area contributed by atoms with Gasteiger partial charge in [-0.2, -0.15) is 18.4 Å². The minimum Gasteiger partial charge on any atom is -0.509 e. The van der Waals surface area contributed by atoms with Crippen LogP contribution in [0, 0.1) is 33.1 Å². The van der Waals surface area contributed by atoms with E-state index in [-0.39, 0.29) is 29.8 Å². The van der Waals surface area contributed by atoms with Gasteiger partial charge in [-0.25, -0.2) is 18.8 Å². The number of nitrogens with one attached hydrogen (secondary N) is 1. The zero-order valence-electron chi connectivity index (χ0n) is 23.2. The second-order valence-electron chi connectivity index (χ2n) is 10.5. The molecule has 1 aromatic heterocycles. The summed E-state index contributed by atoms with van der Waals surface area (Å²) in [6, 6.07) is 7.78. The molecule has 3 aromatic rings. The summed E-state index contributed by atoms with van der Waals surface area (Å²) in [6.07, 6.45) is -3.24. The quantitative estimate of drug-likeness (QED) is 0.160. The van der Waals surface area contributed by atoms with Crippen LogP contribution in [0.4, 0.5) is 33.3 Å². The van der Waals surface area contributed by atoms with Gasteiger partial charge in [0.2, 0.25) is 5.69 Å². The maximum Gasteiger partial charge on any atom is 0.416 e. The summed E-state index contributed by atoms with van der Waals surface area (Å²) in [5.41, 5.74) is -5.91. The van der Waals surface area contributed by atoms with Crippen molar-refractivity contribution in [3.8, 4) is 17.2 Å². The number of benzene rings is 2. The van der Waals surface area contributed by atoms with Crippen molar-refractivity contribution in [3.05, 3.63) is 98.6 Å². The second-order valence-corrected chi connectivity index (χ2v) is 10.5. The summed E-state index contributed by atoms with van der Waals surface area (Å²) >= 11 is 0. The summed E-state index contributed by atoms with van der Waals surface area (Å²) in [5, 5.41) is 36.6. The van der Waals surface area contributed by atoms with E-state index in [1.165, 1.54) is 30.1 Å². The van der Waals surface area contributed by atoms with Crippen LogP contribution in [-0.2, 0) is 22.3 Å². The monoisotopic (exact) mass is 628 g/mol. The number of halogens is 5. The number of fused-ring (bicyclic) bond motifs is 1. The Morgan fingerprint density at radius 1 is 1.24 bits per heavy atom. The van der Waals surface area contributed by atoms with E-state index in [1.807, 2.05) is 0 Å². The highest BCUT2D eigenvalue weighted by atomic mass is 19.4. The van der Waals surface area contributed by atoms with E-state index >= 15 is 0 Å². The number of carbonyl (C=O) groups excluding carboxylic acids is 2. The molecule has 1 saturated heterocycles. The van der Waals surface area contributed by atoms with Crippen molar-refractivity contribution >= 4 is 23.2 Å². The maximum atomic E-state index is 14.6. The number of nitriles is 1. The molecule has 0 unspecified atom stereocenters. The molecular weight excluding hydrogens is 607 g/mol. The molecule has 0 bridgehead atoms. The molecule has 1 fully saturated rings. The Bertz CT molecular complexity index is 1840. The smallest absolute Gasteiger partial charge is 0.416 e. The van der Waals surface area contributed by atoms with Gasteiger partial charge in [-0.1, -0.05) is 12.1 Å². The Balaban J connectivity index is 1.58. The normalized spacial score (nSPS) is 18.5. The topological polar surface area (TPSA) is 153 Å². The fraction of sp³-hybridized carbons (Fsp3) is 0.241. The summed E-state index contributed by atoms with van der Waals surface area (Å²) in [4.78, 5) is 41.6. The van der Waals surface area contributed by atoms with E-state index in [0.29, 0.717) is 18.6 Å². The van der Waals surface area contributed by atoms with E-state index in [2.05, 4.69) is 10.3 Å². The molecule has 0 saturated carbocycles. The first-order valence-electron chi connectivity index (χ1n) is 13.2. The molecule has 0 aliphatic carbocycles. The Kier molecular flexibility index (Phi) is 7.75. The molecule has 2 aliphatic heterocycles. The number of anilines is 1. The zero-order valence-corrected chi connectivity index (χ0v) is 23.2. The molecule has 2 aromatic carbocycles. The molecule has 232 valence electrons. The van der Waals surface area contributed by atoms with E-state index in [4.69, 9.17) is 5.26 Å². The van der Waals surface area contributed by atoms with Gasteiger partial charge in [-0.05, 0) is 44.0 Å². The van der Waals surface area contributed by atoms with E-state index in [1.54, 1.807) is 0 Å². The van der Waals surface area contributed by atoms with Crippen LogP contribution < -0.4 is 5.32 Å². The van der Waals surface area contributed by atoms with Crippen molar-refractivity contribution in [2.45, 2.75) is 38.0 Å². The van der Waals surface area contributed by atoms with Gasteiger partial charge in [0.1, 0.15) is 17.4 Å². The Hall–Kier alpha value is -5.43. The van der Waals surface area contributed by atoms with Crippen molar-refractivity contribution < 1.29 is 41.6 Å². The van der Waals surface area contributed by atoms with Crippen molar-refractivity contribution in [3.63, 3.8) is 0 Å². The molecule has 2 aliphatic rings. The summed E-state index contributed by atoms with van der Waals surface area (Å²) in [6.45, 7) is 1.26. The summed E-state index contributed by atoms with van der Waals surface area (Å²) < 4.78 is 69.4. The third-order valence-corrected chi connectivity index (χ3v) is 7.74. The number of amides is 2. The number of rotatable bonds is 6. The predicted molar refractivity (Wildman–Crippen MR) is 146 cm³/mol. The van der Waals surface area contributed by atoms with E-state index < -0.39 is 80.5 Å². The standard InChI is InChI=1S/C29H21F5N6O5/c1-28-8-3-9-39(28)38(14-15-4-2-5-19(30)24(15)31)27(43)23(25(28)41)26(42)37-20-7-6-17(29(32,33)34)11-18(20)16-10-22(40(44)45)21(12-35)36-13-16/h2,4-7,10-11,13,41H,3,8-9,14H2,1H3,(H,37,42)/t28-/m1/s1. The van der Waals surface area contributed by atoms with Crippen molar-refractivity contribution in [2.24, 2.45) is 0 Å². The predicted octanol–water partition coefficient (Wildman–Crippen LogP) is 5.39. The molecule has 11 nitrogen and oxygen atoms in total. The number of hydrogen-bond donors (Lipinski definition) is 2. The summed E-state index contributed by atoms with van der Waals surface area (Å²) in [5.74, 6) is -5.34. The number of aliphatic hydroxyl groups is 1. The Morgan fingerprint density at radius 3 is 2.64 bits per heavy atom. The van der Waals surface area contributed by atoms with Crippen molar-refractivity contribution in [1.82, 2.24) is 15.0 Å². The third kappa shape index (κ3) is 5.42. The second kappa shape index (κ2) is 11.2. The number of alkyl halides is 3. The molecule has 0 radical (unpaired) electrons. The van der Waals surface area contributed by atoms with E-state index in [0.717, 1.165) is 29.4 Å². The minimum absolute atomic E-state index is 0.210. The zero-order chi connectivity index (χ0) is 32.8. The van der Waals surface area contributed by atoms with Gasteiger partial charge in [0, 0.05) is 41.2 Å². The molecule has 3 heterocycles. The number of pyridine rings is 1. The highest BCUT2D eigenvalue weighted by Crippen LogP contribution is 2.43. The van der Waals surface area contributed by atoms with Crippen molar-refractivity contribution in [2.75, 3.05) is 11.9 Å². The minimum atomic E-state index is -4.86. The number of nitrogens with zero attached hydrogens (tertiary/aromatic N) is 5. The number of nitro groups is 1. The summed E-state index contributed by atoms with van der Waals surface area (Å²) in [7, 11) is 0. The Labute approximate surface area is 250 Å². The van der Waals surface area contributed by atoms with Crippen LogP contribution in [0.25, 0.3) is 11.1 Å².